The first-order valence-corrected chi connectivity index (χ1v) is 31.7. The van der Waals surface area contributed by atoms with Crippen molar-refractivity contribution < 1.29 is 92.6 Å². The minimum atomic E-state index is -2.41. The number of carbonyl (C=O) groups excluding carboxylic acids is 11. The number of hydrogen-bond acceptors (Lipinski definition) is 22. The molecule has 546 valence electrons. The Kier molecular flexibility index (Phi) is 30.1. The van der Waals surface area contributed by atoms with Crippen molar-refractivity contribution in [3.05, 3.63) is 137 Å². The number of nitrogens with one attached hydrogen (secondary N) is 11. The fraction of sp³-hybridized carbons (Fsp3) is 0.431. The fourth-order valence-electron chi connectivity index (χ4n) is 9.99. The topological polar surface area (TPSA) is 579 Å². The number of halogens is 1. The van der Waals surface area contributed by atoms with Crippen LogP contribution in [-0.4, -0.2) is 207 Å². The van der Waals surface area contributed by atoms with Gasteiger partial charge in [0.25, 0.3) is 0 Å². The number of carbonyl (C=O) groups is 12. The average Bonchev–Trinajstić information content (AvgIpc) is 0.975. The summed E-state index contributed by atoms with van der Waals surface area (Å²) in [4.78, 5) is 164. The summed E-state index contributed by atoms with van der Waals surface area (Å²) in [6.07, 6.45) is -5.49. The van der Waals surface area contributed by atoms with Crippen molar-refractivity contribution in [1.82, 2.24) is 73.8 Å². The lowest BCUT2D eigenvalue weighted by Crippen LogP contribution is -2.67. The molecular weight excluding hydrogens is 1330 g/mol. The first-order valence-electron chi connectivity index (χ1n) is 31.7. The van der Waals surface area contributed by atoms with Gasteiger partial charge in [0.1, 0.15) is 70.7 Å². The van der Waals surface area contributed by atoms with E-state index in [1.165, 1.54) is 68.4 Å². The van der Waals surface area contributed by atoms with E-state index in [9.17, 15) is 88.2 Å². The van der Waals surface area contributed by atoms with Crippen molar-refractivity contribution in [2.24, 2.45) is 17.2 Å². The molecule has 0 aliphatic heterocycles. The van der Waals surface area contributed by atoms with E-state index in [0.717, 1.165) is 38.0 Å². The number of aliphatic hydroxyl groups is 3. The number of primary amides is 1. The van der Waals surface area contributed by atoms with Gasteiger partial charge in [-0.05, 0) is 118 Å². The molecule has 11 amide bonds. The van der Waals surface area contributed by atoms with Crippen molar-refractivity contribution >= 4 is 70.9 Å². The summed E-state index contributed by atoms with van der Waals surface area (Å²) in [5.41, 5.74) is 15.9. The zero-order valence-corrected chi connectivity index (χ0v) is 55.8. The van der Waals surface area contributed by atoms with Gasteiger partial charge in [-0.2, -0.15) is 5.21 Å². The Morgan fingerprint density at radius 2 is 1.11 bits per heavy atom. The molecule has 1 aromatic heterocycles. The number of aliphatic hydroxyl groups excluding tert-OH is 3. The number of aromatic amines is 1. The van der Waals surface area contributed by atoms with Crippen LogP contribution in [0.1, 0.15) is 87.5 Å². The van der Waals surface area contributed by atoms with Crippen LogP contribution >= 0.6 is 0 Å². The molecule has 101 heavy (non-hydrogen) atoms. The molecule has 4 aromatic carbocycles. The van der Waals surface area contributed by atoms with Crippen LogP contribution in [0.25, 0.3) is 0 Å². The van der Waals surface area contributed by atoms with Crippen LogP contribution in [0.3, 0.4) is 0 Å². The van der Waals surface area contributed by atoms with Gasteiger partial charge in [-0.3, -0.25) is 57.5 Å². The molecule has 11 atom stereocenters. The molecule has 5 rings (SSSR count). The van der Waals surface area contributed by atoms with Gasteiger partial charge in [-0.25, -0.2) is 4.39 Å². The van der Waals surface area contributed by atoms with Gasteiger partial charge in [-0.1, -0.05) is 71.9 Å². The van der Waals surface area contributed by atoms with Gasteiger partial charge in [0.2, 0.25) is 65.0 Å². The highest BCUT2D eigenvalue weighted by Crippen LogP contribution is 2.20. The van der Waals surface area contributed by atoms with Gasteiger partial charge in [-0.15, -0.1) is 10.2 Å². The number of aromatic hydroxyl groups is 2. The quantitative estimate of drug-likeness (QED) is 0.0175. The van der Waals surface area contributed by atoms with Crippen molar-refractivity contribution in [2.75, 3.05) is 13.2 Å². The highest BCUT2D eigenvalue weighted by atomic mass is 19.1. The SMILES string of the molecule is C[C@@H](O)[C@H](NC(=O)CNC(=O)[C@H](Cc1nn[nH]n1)NC(=O)C(C)(C)NC(=O)[C@@H](N)Cc1ccc(O)cc1)C(=O)NC(C)(Cc1ccccc1F)C(=O)N[C@H](C(=O)N[C@@H](CO)C(=O)N[C@@H](CC(=O)O)C(=O)N[C@@H](Cc1ccc(O)cc1)C(=O)N[C@@H](CCCc1ccc(CN)cc1)C(N)=O)[C@@H](C)O. The number of tetrazole rings is 1. The molecule has 0 saturated carbocycles. The predicted octanol–water partition coefficient (Wildman–Crippen LogP) is -5.18. The summed E-state index contributed by atoms with van der Waals surface area (Å²) in [5, 5.41) is 98.1. The molecule has 0 bridgehead atoms. The number of H-pyrrole nitrogens is 1. The van der Waals surface area contributed by atoms with E-state index in [-0.39, 0.29) is 42.1 Å². The van der Waals surface area contributed by atoms with Crippen molar-refractivity contribution in [1.29, 1.82) is 0 Å². The van der Waals surface area contributed by atoms with E-state index in [1.807, 2.05) is 24.3 Å². The molecule has 0 fully saturated rings. The third-order valence-electron chi connectivity index (χ3n) is 15.8. The summed E-state index contributed by atoms with van der Waals surface area (Å²) >= 11 is 0. The predicted molar refractivity (Wildman–Crippen MR) is 354 cm³/mol. The second kappa shape index (κ2) is 37.8. The second-order valence-corrected chi connectivity index (χ2v) is 24.6. The summed E-state index contributed by atoms with van der Waals surface area (Å²) in [5.74, 6) is -15.4. The highest BCUT2D eigenvalue weighted by Gasteiger charge is 2.43. The van der Waals surface area contributed by atoms with Gasteiger partial charge in [0, 0.05) is 25.8 Å². The largest absolute Gasteiger partial charge is 0.508 e. The molecule has 1 unspecified atom stereocenters. The number of amides is 11. The van der Waals surface area contributed by atoms with Gasteiger partial charge in [0.15, 0.2) is 5.82 Å². The van der Waals surface area contributed by atoms with Crippen LogP contribution in [0.4, 0.5) is 4.39 Å². The highest BCUT2D eigenvalue weighted by molar-refractivity contribution is 6.00. The standard InChI is InChI=1S/C65H86FN17O18/c1-33(85)52(60(98)74-48(32-84)59(97)73-47(28-51(90)91)58(96)72-45(26-37-19-23-41(88)24-20-37)57(95)71-44(54(69)92)12-8-9-35-13-15-38(30-67)16-14-35)77-63(101)65(5,29-39-10-6-7-11-42(39)66)79-61(99)53(34(2)86)76-50(89)31-70-56(94)46(27-49-80-82-83-81-49)75-62(100)64(3,4)78-55(93)43(68)25-36-17-21-40(87)22-18-36/h6-7,10-11,13-24,33-34,43-48,52-53,84-88H,8-9,12,25-32,67-68H2,1-5H3,(H2,69,92)(H,70,94)(H,71,95)(H,72,96)(H,73,97)(H,74,98)(H,75,100)(H,76,89)(H,77,101)(H,78,93)(H,79,99)(H,90,91)(H,80,81,82,83)/t33-,34-,43+,44+,45+,46+,47+,48+,52+,53+,65?/m1/s1. The number of aliphatic carboxylic acids is 1. The Hall–Kier alpha value is -11.1. The Balaban J connectivity index is 1.28. The van der Waals surface area contributed by atoms with E-state index in [2.05, 4.69) is 73.8 Å². The van der Waals surface area contributed by atoms with Crippen LogP contribution in [0.15, 0.2) is 97.1 Å². The summed E-state index contributed by atoms with van der Waals surface area (Å²) in [6, 6.07) is 9.67. The normalized spacial score (nSPS) is 14.8. The van der Waals surface area contributed by atoms with E-state index in [1.54, 1.807) is 12.1 Å². The van der Waals surface area contributed by atoms with Gasteiger partial charge in [0.05, 0.1) is 37.8 Å². The van der Waals surface area contributed by atoms with Crippen LogP contribution in [0.2, 0.25) is 0 Å². The maximum atomic E-state index is 15.4. The summed E-state index contributed by atoms with van der Waals surface area (Å²) < 4.78 is 15.4. The molecule has 1 heterocycles. The molecule has 0 aliphatic rings. The number of rotatable bonds is 39. The monoisotopic (exact) mass is 1410 g/mol. The van der Waals surface area contributed by atoms with E-state index in [0.29, 0.717) is 30.5 Å². The molecule has 23 N–H and O–H groups in total. The van der Waals surface area contributed by atoms with Crippen LogP contribution in [0, 0.1) is 5.82 Å². The molecule has 0 aliphatic carbocycles. The van der Waals surface area contributed by atoms with E-state index < -0.39 is 181 Å². The smallest absolute Gasteiger partial charge is 0.305 e. The number of carboxylic acid groups (broad SMARTS) is 1. The Bertz CT molecular complexity index is 3700. The number of aromatic nitrogens is 4. The number of nitrogens with two attached hydrogens (primary N) is 3. The van der Waals surface area contributed by atoms with E-state index in [4.69, 9.17) is 17.2 Å². The van der Waals surface area contributed by atoms with Crippen LogP contribution in [-0.2, 0) is 96.2 Å². The minimum Gasteiger partial charge on any atom is -0.508 e. The molecule has 5 aromatic rings. The lowest BCUT2D eigenvalue weighted by molar-refractivity contribution is -0.142. The number of phenols is 2. The van der Waals surface area contributed by atoms with Crippen LogP contribution < -0.4 is 70.4 Å². The maximum Gasteiger partial charge on any atom is 0.305 e. The first kappa shape index (κ1) is 80.6. The third kappa shape index (κ3) is 25.3. The van der Waals surface area contributed by atoms with Gasteiger partial charge < -0.3 is 101 Å². The Morgan fingerprint density at radius 3 is 1.66 bits per heavy atom. The van der Waals surface area contributed by atoms with Gasteiger partial charge >= 0.3 is 5.97 Å². The number of aryl methyl sites for hydroxylation is 1. The number of benzene rings is 4. The molecule has 0 spiro atoms. The first-order chi connectivity index (χ1) is 47.6. The second-order valence-electron chi connectivity index (χ2n) is 24.6. The number of phenolic OH excluding ortho intramolecular Hbond substituents is 2. The van der Waals surface area contributed by atoms with Crippen LogP contribution in [0.5, 0.6) is 11.5 Å². The number of nitrogens with zero attached hydrogens (tertiary/aromatic N) is 3. The summed E-state index contributed by atoms with van der Waals surface area (Å²) in [7, 11) is 0. The lowest BCUT2D eigenvalue weighted by Gasteiger charge is -2.34. The summed E-state index contributed by atoms with van der Waals surface area (Å²) in [6.45, 7) is 3.82. The molecule has 36 heteroatoms. The zero-order valence-electron chi connectivity index (χ0n) is 55.8. The fourth-order valence-corrected chi connectivity index (χ4v) is 9.99. The number of carboxylic acids is 1. The molecule has 35 nitrogen and oxygen atoms in total. The Morgan fingerprint density at radius 1 is 0.584 bits per heavy atom. The minimum absolute atomic E-state index is 0.0115. The third-order valence-corrected chi connectivity index (χ3v) is 15.8. The molecule has 0 radical (unpaired) electrons. The van der Waals surface area contributed by atoms with Crippen molar-refractivity contribution in [3.8, 4) is 11.5 Å². The lowest BCUT2D eigenvalue weighted by atomic mass is 9.90. The average molecular weight is 1410 g/mol. The van der Waals surface area contributed by atoms with Crippen molar-refractivity contribution in [3.63, 3.8) is 0 Å². The van der Waals surface area contributed by atoms with E-state index >= 15 is 4.39 Å². The Labute approximate surface area is 577 Å². The van der Waals surface area contributed by atoms with Crippen molar-refractivity contribution in [2.45, 2.75) is 164 Å². The maximum absolute atomic E-state index is 15.4. The molecular formula is C65H86FN17O18. The number of hydrogen-bond donors (Lipinski definition) is 20. The molecule has 0 saturated heterocycles. The zero-order chi connectivity index (χ0) is 74.9.